The van der Waals surface area contributed by atoms with Crippen LogP contribution in [0.3, 0.4) is 0 Å². The van der Waals surface area contributed by atoms with E-state index in [1.54, 1.807) is 27.7 Å². The van der Waals surface area contributed by atoms with Crippen LogP contribution in [0.5, 0.6) is 0 Å². The molecule has 2 atom stereocenters. The average Bonchev–Trinajstić information content (AvgIpc) is 2.67. The van der Waals surface area contributed by atoms with Gasteiger partial charge < -0.3 is 24.1 Å². The molecule has 0 spiro atoms. The van der Waals surface area contributed by atoms with Crippen molar-refractivity contribution in [1.29, 1.82) is 0 Å². The molecule has 0 aliphatic carbocycles. The van der Waals surface area contributed by atoms with Crippen molar-refractivity contribution in [3.63, 3.8) is 0 Å². The van der Waals surface area contributed by atoms with Crippen molar-refractivity contribution in [2.24, 2.45) is 0 Å². The van der Waals surface area contributed by atoms with Gasteiger partial charge in [0.15, 0.2) is 5.79 Å². The van der Waals surface area contributed by atoms with Crippen molar-refractivity contribution >= 4 is 5.97 Å². The molecule has 2 fully saturated rings. The number of aliphatic hydroxyl groups is 1. The zero-order valence-electron chi connectivity index (χ0n) is 10.9. The van der Waals surface area contributed by atoms with Gasteiger partial charge in [-0.2, -0.15) is 0 Å². The highest BCUT2D eigenvalue weighted by Crippen LogP contribution is 2.29. The molecule has 102 valence electrons. The van der Waals surface area contributed by atoms with Gasteiger partial charge in [-0.15, -0.1) is 0 Å². The summed E-state index contributed by atoms with van der Waals surface area (Å²) in [4.78, 5) is 11.5. The number of cyclic esters (lactones) is 1. The first-order valence-electron chi connectivity index (χ1n) is 5.83. The Bertz CT molecular complexity index is 384. The molecule has 6 heteroatoms. The molecule has 6 nitrogen and oxygen atoms in total. The number of hydrogen-bond donors (Lipinski definition) is 1. The minimum absolute atomic E-state index is 0.000746. The lowest BCUT2D eigenvalue weighted by Crippen LogP contribution is -2.29. The number of carbonyl (C=O) groups excluding carboxylic acids is 1. The molecule has 0 aromatic rings. The van der Waals surface area contributed by atoms with Crippen LogP contribution in [0.1, 0.15) is 27.7 Å². The molecule has 0 aromatic heterocycles. The summed E-state index contributed by atoms with van der Waals surface area (Å²) in [5, 5.41) is 9.96. The molecule has 2 saturated heterocycles. The van der Waals surface area contributed by atoms with Crippen LogP contribution >= 0.6 is 0 Å². The van der Waals surface area contributed by atoms with E-state index in [0.717, 1.165) is 0 Å². The lowest BCUT2D eigenvalue weighted by molar-refractivity contribution is -0.159. The standard InChI is InChI=1S/C12H18O6/c1-11(2)15-6-9(17-11)7(13)5-8-10(14)18-12(3,4)16-8/h5,7,9,13H,6H2,1-4H3. The lowest BCUT2D eigenvalue weighted by Gasteiger charge is -2.19. The molecular weight excluding hydrogens is 240 g/mol. The van der Waals surface area contributed by atoms with E-state index in [1.807, 2.05) is 0 Å². The summed E-state index contributed by atoms with van der Waals surface area (Å²) < 4.78 is 21.1. The molecule has 0 radical (unpaired) electrons. The van der Waals surface area contributed by atoms with E-state index in [1.165, 1.54) is 6.08 Å². The summed E-state index contributed by atoms with van der Waals surface area (Å²) in [6, 6.07) is 0. The van der Waals surface area contributed by atoms with Gasteiger partial charge in [-0.05, 0) is 19.9 Å². The van der Waals surface area contributed by atoms with Crippen LogP contribution < -0.4 is 0 Å². The van der Waals surface area contributed by atoms with Crippen molar-refractivity contribution in [2.45, 2.75) is 51.5 Å². The third-order valence-corrected chi connectivity index (χ3v) is 2.63. The van der Waals surface area contributed by atoms with E-state index in [-0.39, 0.29) is 12.4 Å². The summed E-state index contributed by atoms with van der Waals surface area (Å²) >= 11 is 0. The maximum Gasteiger partial charge on any atom is 0.376 e. The van der Waals surface area contributed by atoms with E-state index < -0.39 is 29.8 Å². The molecule has 2 rings (SSSR count). The summed E-state index contributed by atoms with van der Waals surface area (Å²) in [6.07, 6.45) is -0.206. The first-order valence-corrected chi connectivity index (χ1v) is 5.83. The maximum absolute atomic E-state index is 11.5. The van der Waals surface area contributed by atoms with Crippen LogP contribution in [-0.2, 0) is 23.7 Å². The molecule has 2 aliphatic heterocycles. The highest BCUT2D eigenvalue weighted by molar-refractivity contribution is 5.88. The predicted molar refractivity (Wildman–Crippen MR) is 60.2 cm³/mol. The van der Waals surface area contributed by atoms with Gasteiger partial charge in [0.2, 0.25) is 11.5 Å². The van der Waals surface area contributed by atoms with Gasteiger partial charge in [0.05, 0.1) is 6.61 Å². The lowest BCUT2D eigenvalue weighted by atomic mass is 10.2. The smallest absolute Gasteiger partial charge is 0.376 e. The highest BCUT2D eigenvalue weighted by atomic mass is 16.8. The predicted octanol–water partition coefficient (Wildman–Crippen LogP) is 0.692. The van der Waals surface area contributed by atoms with Crippen LogP contribution in [0.2, 0.25) is 0 Å². The Morgan fingerprint density at radius 2 is 1.94 bits per heavy atom. The minimum atomic E-state index is -0.991. The fraction of sp³-hybridized carbons (Fsp3) is 0.750. The number of carbonyl (C=O) groups is 1. The van der Waals surface area contributed by atoms with Crippen molar-refractivity contribution in [3.8, 4) is 0 Å². The minimum Gasteiger partial charge on any atom is -0.445 e. The van der Waals surface area contributed by atoms with Crippen molar-refractivity contribution in [1.82, 2.24) is 0 Å². The van der Waals surface area contributed by atoms with Crippen molar-refractivity contribution in [3.05, 3.63) is 11.8 Å². The summed E-state index contributed by atoms with van der Waals surface area (Å²) in [6.45, 7) is 7.02. The average molecular weight is 258 g/mol. The Hall–Kier alpha value is -1.11. The largest absolute Gasteiger partial charge is 0.445 e. The zero-order chi connectivity index (χ0) is 13.6. The summed E-state index contributed by atoms with van der Waals surface area (Å²) in [5.41, 5.74) is 0. The van der Waals surface area contributed by atoms with Gasteiger partial charge >= 0.3 is 5.97 Å². The quantitative estimate of drug-likeness (QED) is 0.580. The van der Waals surface area contributed by atoms with Crippen LogP contribution in [0.15, 0.2) is 11.8 Å². The van der Waals surface area contributed by atoms with Crippen LogP contribution in [0.4, 0.5) is 0 Å². The molecule has 18 heavy (non-hydrogen) atoms. The van der Waals surface area contributed by atoms with Gasteiger partial charge in [0, 0.05) is 13.8 Å². The second-order valence-corrected chi connectivity index (χ2v) is 5.28. The van der Waals surface area contributed by atoms with Gasteiger partial charge in [0.1, 0.15) is 12.2 Å². The monoisotopic (exact) mass is 258 g/mol. The Balaban J connectivity index is 2.03. The molecule has 0 aromatic carbocycles. The van der Waals surface area contributed by atoms with E-state index in [0.29, 0.717) is 0 Å². The summed E-state index contributed by atoms with van der Waals surface area (Å²) in [7, 11) is 0. The first kappa shape index (κ1) is 13.3. The number of aliphatic hydroxyl groups excluding tert-OH is 1. The third-order valence-electron chi connectivity index (χ3n) is 2.63. The second-order valence-electron chi connectivity index (χ2n) is 5.28. The Morgan fingerprint density at radius 3 is 2.39 bits per heavy atom. The molecule has 2 unspecified atom stereocenters. The van der Waals surface area contributed by atoms with Crippen molar-refractivity contribution < 1.29 is 28.8 Å². The van der Waals surface area contributed by atoms with Gasteiger partial charge in [-0.3, -0.25) is 0 Å². The normalized spacial score (nSPS) is 33.3. The van der Waals surface area contributed by atoms with Gasteiger partial charge in [-0.25, -0.2) is 4.79 Å². The molecule has 2 heterocycles. The molecule has 0 saturated carbocycles. The number of rotatable bonds is 2. The first-order chi connectivity index (χ1) is 8.19. The summed E-state index contributed by atoms with van der Waals surface area (Å²) in [5.74, 6) is -2.30. The SMILES string of the molecule is CC1(C)OC(=O)C(=CC(O)C2COC(C)(C)O2)O1. The van der Waals surface area contributed by atoms with Crippen LogP contribution in [0.25, 0.3) is 0 Å². The van der Waals surface area contributed by atoms with E-state index in [4.69, 9.17) is 18.9 Å². The van der Waals surface area contributed by atoms with Crippen LogP contribution in [-0.4, -0.2) is 41.5 Å². The van der Waals surface area contributed by atoms with Gasteiger partial charge in [0.25, 0.3) is 0 Å². The molecule has 0 bridgehead atoms. The van der Waals surface area contributed by atoms with Gasteiger partial charge in [-0.1, -0.05) is 0 Å². The molecular formula is C12H18O6. The molecule has 0 amide bonds. The Morgan fingerprint density at radius 1 is 1.28 bits per heavy atom. The third kappa shape index (κ3) is 2.82. The van der Waals surface area contributed by atoms with E-state index in [9.17, 15) is 9.90 Å². The number of ether oxygens (including phenoxy) is 4. The van der Waals surface area contributed by atoms with Crippen molar-refractivity contribution in [2.75, 3.05) is 6.61 Å². The topological polar surface area (TPSA) is 74.2 Å². The van der Waals surface area contributed by atoms with E-state index in [2.05, 4.69) is 0 Å². The van der Waals surface area contributed by atoms with Crippen LogP contribution in [0, 0.1) is 0 Å². The number of hydrogen-bond acceptors (Lipinski definition) is 6. The molecule has 1 N–H and O–H groups in total. The number of esters is 1. The maximum atomic E-state index is 11.5. The van der Waals surface area contributed by atoms with E-state index >= 15 is 0 Å². The molecule has 2 aliphatic rings. The zero-order valence-corrected chi connectivity index (χ0v) is 10.9. The fourth-order valence-electron chi connectivity index (χ4n) is 1.85. The Labute approximate surface area is 105 Å². The second kappa shape index (κ2) is 4.22. The highest BCUT2D eigenvalue weighted by Gasteiger charge is 2.40. The fourth-order valence-corrected chi connectivity index (χ4v) is 1.85. The Kier molecular flexibility index (Phi) is 3.12.